The summed E-state index contributed by atoms with van der Waals surface area (Å²) in [6.45, 7) is 1.22. The van der Waals surface area contributed by atoms with Crippen LogP contribution in [0.4, 0.5) is 5.69 Å². The van der Waals surface area contributed by atoms with Crippen LogP contribution >= 0.6 is 15.9 Å². The number of hydrogen-bond donors (Lipinski definition) is 2. The standard InChI is InChI=1S/C11H18BrN3O/c1-15(7-8(14)6-13)9-3-4-11(16-2)10(12)5-9/h3-5,8H,6-7,13-14H2,1-2H3. The molecule has 90 valence electrons. The summed E-state index contributed by atoms with van der Waals surface area (Å²) in [6, 6.07) is 5.91. The SMILES string of the molecule is COc1ccc(N(C)CC(N)CN)cc1Br. The van der Waals surface area contributed by atoms with Crippen molar-refractivity contribution in [3.05, 3.63) is 22.7 Å². The Kier molecular flexibility index (Phi) is 5.05. The highest BCUT2D eigenvalue weighted by Crippen LogP contribution is 2.29. The third-order valence-electron chi connectivity index (χ3n) is 2.39. The second-order valence-corrected chi connectivity index (χ2v) is 4.55. The Labute approximate surface area is 105 Å². The lowest BCUT2D eigenvalue weighted by Crippen LogP contribution is -2.40. The molecule has 16 heavy (non-hydrogen) atoms. The van der Waals surface area contributed by atoms with E-state index in [0.29, 0.717) is 6.54 Å². The van der Waals surface area contributed by atoms with Gasteiger partial charge in [0, 0.05) is 31.9 Å². The number of nitrogens with zero attached hydrogens (tertiary/aromatic N) is 1. The lowest BCUT2D eigenvalue weighted by atomic mass is 10.2. The third-order valence-corrected chi connectivity index (χ3v) is 3.01. The van der Waals surface area contributed by atoms with Crippen molar-refractivity contribution in [3.8, 4) is 5.75 Å². The summed E-state index contributed by atoms with van der Waals surface area (Å²) in [5, 5.41) is 0. The van der Waals surface area contributed by atoms with E-state index in [4.69, 9.17) is 16.2 Å². The van der Waals surface area contributed by atoms with Gasteiger partial charge in [0.25, 0.3) is 0 Å². The van der Waals surface area contributed by atoms with E-state index < -0.39 is 0 Å². The number of anilines is 1. The summed E-state index contributed by atoms with van der Waals surface area (Å²) in [5.41, 5.74) is 12.4. The van der Waals surface area contributed by atoms with Crippen molar-refractivity contribution in [2.75, 3.05) is 32.1 Å². The topological polar surface area (TPSA) is 64.5 Å². The molecule has 4 nitrogen and oxygen atoms in total. The van der Waals surface area contributed by atoms with Gasteiger partial charge in [-0.3, -0.25) is 0 Å². The molecular formula is C11H18BrN3O. The quantitative estimate of drug-likeness (QED) is 0.854. The van der Waals surface area contributed by atoms with Crippen LogP contribution in [0.15, 0.2) is 22.7 Å². The average Bonchev–Trinajstić information content (AvgIpc) is 2.28. The predicted octanol–water partition coefficient (Wildman–Crippen LogP) is 1.18. The number of hydrogen-bond acceptors (Lipinski definition) is 4. The summed E-state index contributed by atoms with van der Waals surface area (Å²) >= 11 is 3.45. The molecular weight excluding hydrogens is 270 g/mol. The molecule has 0 heterocycles. The molecule has 0 radical (unpaired) electrons. The molecule has 0 aliphatic heterocycles. The Bertz CT molecular complexity index is 346. The highest BCUT2D eigenvalue weighted by atomic mass is 79.9. The van der Waals surface area contributed by atoms with E-state index in [0.717, 1.165) is 22.5 Å². The maximum Gasteiger partial charge on any atom is 0.133 e. The molecule has 1 atom stereocenters. The van der Waals surface area contributed by atoms with Crippen molar-refractivity contribution < 1.29 is 4.74 Å². The number of nitrogens with two attached hydrogens (primary N) is 2. The van der Waals surface area contributed by atoms with Crippen molar-refractivity contribution in [1.82, 2.24) is 0 Å². The summed E-state index contributed by atoms with van der Waals surface area (Å²) in [5.74, 6) is 0.820. The van der Waals surface area contributed by atoms with Crippen LogP contribution in [0.1, 0.15) is 0 Å². The van der Waals surface area contributed by atoms with E-state index in [2.05, 4.69) is 20.8 Å². The van der Waals surface area contributed by atoms with Gasteiger partial charge in [-0.1, -0.05) is 0 Å². The van der Waals surface area contributed by atoms with Crippen LogP contribution in [0.5, 0.6) is 5.75 Å². The van der Waals surface area contributed by atoms with Gasteiger partial charge in [-0.15, -0.1) is 0 Å². The zero-order valence-electron chi connectivity index (χ0n) is 9.61. The van der Waals surface area contributed by atoms with Gasteiger partial charge in [0.1, 0.15) is 5.75 Å². The van der Waals surface area contributed by atoms with Gasteiger partial charge in [0.05, 0.1) is 11.6 Å². The van der Waals surface area contributed by atoms with Gasteiger partial charge >= 0.3 is 0 Å². The van der Waals surface area contributed by atoms with Crippen molar-refractivity contribution in [2.45, 2.75) is 6.04 Å². The Balaban J connectivity index is 2.76. The number of ether oxygens (including phenoxy) is 1. The molecule has 1 aromatic carbocycles. The van der Waals surface area contributed by atoms with Crippen molar-refractivity contribution in [1.29, 1.82) is 0 Å². The summed E-state index contributed by atoms with van der Waals surface area (Å²) in [4.78, 5) is 2.07. The number of rotatable bonds is 5. The first kappa shape index (κ1) is 13.3. The van der Waals surface area contributed by atoms with Gasteiger partial charge in [0.2, 0.25) is 0 Å². The Morgan fingerprint density at radius 3 is 2.69 bits per heavy atom. The molecule has 0 fully saturated rings. The van der Waals surface area contributed by atoms with Gasteiger partial charge in [-0.05, 0) is 34.1 Å². The third kappa shape index (κ3) is 3.37. The molecule has 1 aromatic rings. The van der Waals surface area contributed by atoms with Crippen molar-refractivity contribution >= 4 is 21.6 Å². The highest BCUT2D eigenvalue weighted by Gasteiger charge is 2.08. The van der Waals surface area contributed by atoms with Crippen LogP contribution in [0.3, 0.4) is 0 Å². The largest absolute Gasteiger partial charge is 0.496 e. The fourth-order valence-corrected chi connectivity index (χ4v) is 1.95. The van der Waals surface area contributed by atoms with Crippen LogP contribution in [0.25, 0.3) is 0 Å². The summed E-state index contributed by atoms with van der Waals surface area (Å²) < 4.78 is 6.10. The first-order valence-corrected chi connectivity index (χ1v) is 5.88. The summed E-state index contributed by atoms with van der Waals surface area (Å²) in [6.07, 6.45) is 0. The molecule has 1 unspecified atom stereocenters. The van der Waals surface area contributed by atoms with Crippen LogP contribution in [-0.4, -0.2) is 33.3 Å². The fraction of sp³-hybridized carbons (Fsp3) is 0.455. The lowest BCUT2D eigenvalue weighted by Gasteiger charge is -2.23. The zero-order valence-corrected chi connectivity index (χ0v) is 11.2. The van der Waals surface area contributed by atoms with E-state index in [1.54, 1.807) is 7.11 Å². The molecule has 0 spiro atoms. The molecule has 0 amide bonds. The fourth-order valence-electron chi connectivity index (χ4n) is 1.42. The number of halogens is 1. The monoisotopic (exact) mass is 287 g/mol. The average molecular weight is 288 g/mol. The van der Waals surface area contributed by atoms with E-state index in [-0.39, 0.29) is 6.04 Å². The van der Waals surface area contributed by atoms with Crippen LogP contribution in [-0.2, 0) is 0 Å². The van der Waals surface area contributed by atoms with Crippen LogP contribution < -0.4 is 21.1 Å². The Hall–Kier alpha value is -0.780. The smallest absolute Gasteiger partial charge is 0.133 e. The zero-order chi connectivity index (χ0) is 12.1. The number of likely N-dealkylation sites (N-methyl/N-ethyl adjacent to an activating group) is 1. The second kappa shape index (κ2) is 6.08. The minimum Gasteiger partial charge on any atom is -0.496 e. The summed E-state index contributed by atoms with van der Waals surface area (Å²) in [7, 11) is 3.64. The van der Waals surface area contributed by atoms with E-state index in [9.17, 15) is 0 Å². The molecule has 0 aliphatic rings. The van der Waals surface area contributed by atoms with E-state index in [1.807, 2.05) is 25.2 Å². The Morgan fingerprint density at radius 1 is 1.50 bits per heavy atom. The number of methoxy groups -OCH3 is 1. The van der Waals surface area contributed by atoms with E-state index in [1.165, 1.54) is 0 Å². The van der Waals surface area contributed by atoms with Crippen LogP contribution in [0.2, 0.25) is 0 Å². The van der Waals surface area contributed by atoms with Gasteiger partial charge in [0.15, 0.2) is 0 Å². The molecule has 0 aromatic heterocycles. The molecule has 0 bridgehead atoms. The Morgan fingerprint density at radius 2 is 2.19 bits per heavy atom. The molecule has 0 saturated heterocycles. The molecule has 0 saturated carbocycles. The maximum absolute atomic E-state index is 5.80. The number of benzene rings is 1. The van der Waals surface area contributed by atoms with Crippen molar-refractivity contribution in [3.63, 3.8) is 0 Å². The van der Waals surface area contributed by atoms with Gasteiger partial charge < -0.3 is 21.1 Å². The predicted molar refractivity (Wildman–Crippen MR) is 71.0 cm³/mol. The van der Waals surface area contributed by atoms with Crippen molar-refractivity contribution in [2.24, 2.45) is 11.5 Å². The van der Waals surface area contributed by atoms with Gasteiger partial charge in [-0.25, -0.2) is 0 Å². The first-order chi connectivity index (χ1) is 7.58. The first-order valence-electron chi connectivity index (χ1n) is 5.08. The second-order valence-electron chi connectivity index (χ2n) is 3.70. The van der Waals surface area contributed by atoms with E-state index >= 15 is 0 Å². The minimum absolute atomic E-state index is 0.00845. The molecule has 0 aliphatic carbocycles. The minimum atomic E-state index is -0.00845. The highest BCUT2D eigenvalue weighted by molar-refractivity contribution is 9.10. The normalized spacial score (nSPS) is 12.3. The van der Waals surface area contributed by atoms with Crippen LogP contribution in [0, 0.1) is 0 Å². The molecule has 5 heteroatoms. The maximum atomic E-state index is 5.80. The van der Waals surface area contributed by atoms with Gasteiger partial charge in [-0.2, -0.15) is 0 Å². The molecule has 4 N–H and O–H groups in total. The lowest BCUT2D eigenvalue weighted by molar-refractivity contribution is 0.412. The molecule has 1 rings (SSSR count).